The number of amides is 2. The van der Waals surface area contributed by atoms with Gasteiger partial charge in [0, 0.05) is 19.0 Å². The summed E-state index contributed by atoms with van der Waals surface area (Å²) in [4.78, 5) is 24.1. The highest BCUT2D eigenvalue weighted by atomic mass is 32.2. The van der Waals surface area contributed by atoms with E-state index in [9.17, 15) is 31.2 Å². The van der Waals surface area contributed by atoms with E-state index in [2.05, 4.69) is 15.4 Å². The number of hydrogen-bond donors (Lipinski definition) is 3. The zero-order chi connectivity index (χ0) is 24.8. The molecule has 184 valence electrons. The maximum atomic E-state index is 13.0. The Bertz CT molecular complexity index is 1130. The fourth-order valence-corrected chi connectivity index (χ4v) is 4.87. The third kappa shape index (κ3) is 6.96. The van der Waals surface area contributed by atoms with Gasteiger partial charge < -0.3 is 10.6 Å². The van der Waals surface area contributed by atoms with Crippen LogP contribution in [0.2, 0.25) is 0 Å². The highest BCUT2D eigenvalue weighted by Gasteiger charge is 2.32. The van der Waals surface area contributed by atoms with Crippen LogP contribution in [0.4, 0.5) is 18.9 Å². The van der Waals surface area contributed by atoms with E-state index >= 15 is 0 Å². The Kier molecular flexibility index (Phi) is 8.19. The van der Waals surface area contributed by atoms with Gasteiger partial charge in [-0.15, -0.1) is 0 Å². The summed E-state index contributed by atoms with van der Waals surface area (Å²) in [5.74, 6) is -0.793. The molecular weight excluding hydrogens is 471 g/mol. The Morgan fingerprint density at radius 2 is 1.68 bits per heavy atom. The van der Waals surface area contributed by atoms with Crippen LogP contribution in [0.3, 0.4) is 0 Å². The number of carbonyl (C=O) groups excluding carboxylic acids is 2. The Hall–Kier alpha value is -3.08. The number of para-hydroxylation sites is 1. The van der Waals surface area contributed by atoms with Gasteiger partial charge in [-0.2, -0.15) is 13.2 Å². The molecule has 34 heavy (non-hydrogen) atoms. The van der Waals surface area contributed by atoms with Gasteiger partial charge >= 0.3 is 6.18 Å². The van der Waals surface area contributed by atoms with Gasteiger partial charge in [0.1, 0.15) is 0 Å². The fourth-order valence-electron chi connectivity index (χ4n) is 3.74. The average molecular weight is 498 g/mol. The van der Waals surface area contributed by atoms with Crippen molar-refractivity contribution in [2.45, 2.75) is 55.6 Å². The van der Waals surface area contributed by atoms with Crippen molar-refractivity contribution in [3.05, 3.63) is 59.7 Å². The standard InChI is InChI=1S/C23H26F3N3O4S/c24-23(25,26)16-7-6-10-18(15-16)34(32,33)29-20-12-5-4-11-19(20)22(31)27-14-13-21(30)28-17-8-2-1-3-9-17/h4-7,10-12,15,17,29H,1-3,8-9,13-14H2,(H,27,31)(H,28,30). The number of nitrogens with one attached hydrogen (secondary N) is 3. The normalized spacial score (nSPS) is 14.9. The van der Waals surface area contributed by atoms with Gasteiger partial charge in [-0.1, -0.05) is 37.5 Å². The van der Waals surface area contributed by atoms with Crippen LogP contribution in [-0.4, -0.2) is 32.8 Å². The molecular formula is C23H26F3N3O4S. The summed E-state index contributed by atoms with van der Waals surface area (Å²) in [6.07, 6.45) is 0.574. The molecule has 0 aromatic heterocycles. The van der Waals surface area contributed by atoms with Crippen molar-refractivity contribution in [2.24, 2.45) is 0 Å². The van der Waals surface area contributed by atoms with Gasteiger partial charge in [-0.25, -0.2) is 8.42 Å². The Balaban J connectivity index is 1.63. The van der Waals surface area contributed by atoms with E-state index < -0.39 is 32.6 Å². The van der Waals surface area contributed by atoms with Crippen LogP contribution in [0.25, 0.3) is 0 Å². The van der Waals surface area contributed by atoms with Crippen LogP contribution in [0.1, 0.15) is 54.4 Å². The Labute approximate surface area is 196 Å². The van der Waals surface area contributed by atoms with Crippen LogP contribution in [0, 0.1) is 0 Å². The summed E-state index contributed by atoms with van der Waals surface area (Å²) < 4.78 is 66.4. The molecule has 2 aromatic rings. The van der Waals surface area contributed by atoms with Crippen LogP contribution >= 0.6 is 0 Å². The van der Waals surface area contributed by atoms with E-state index in [-0.39, 0.29) is 36.2 Å². The van der Waals surface area contributed by atoms with E-state index in [0.29, 0.717) is 6.07 Å². The van der Waals surface area contributed by atoms with Crippen LogP contribution < -0.4 is 15.4 Å². The van der Waals surface area contributed by atoms with Crippen LogP contribution in [0.5, 0.6) is 0 Å². The zero-order valence-corrected chi connectivity index (χ0v) is 19.1. The predicted octanol–water partition coefficient (Wildman–Crippen LogP) is 4.08. The van der Waals surface area contributed by atoms with Crippen molar-refractivity contribution in [1.29, 1.82) is 0 Å². The first-order valence-corrected chi connectivity index (χ1v) is 12.4. The molecule has 0 atom stereocenters. The number of carbonyl (C=O) groups is 2. The van der Waals surface area contributed by atoms with Gasteiger partial charge in [0.15, 0.2) is 0 Å². The molecule has 3 N–H and O–H groups in total. The maximum Gasteiger partial charge on any atom is 0.416 e. The Morgan fingerprint density at radius 3 is 2.38 bits per heavy atom. The topological polar surface area (TPSA) is 104 Å². The molecule has 2 amide bonds. The minimum atomic E-state index is -4.70. The minimum Gasteiger partial charge on any atom is -0.353 e. The first-order valence-electron chi connectivity index (χ1n) is 10.9. The maximum absolute atomic E-state index is 13.0. The first-order chi connectivity index (χ1) is 16.1. The monoisotopic (exact) mass is 497 g/mol. The zero-order valence-electron chi connectivity index (χ0n) is 18.3. The molecule has 7 nitrogen and oxygen atoms in total. The quantitative estimate of drug-likeness (QED) is 0.511. The summed E-state index contributed by atoms with van der Waals surface area (Å²) in [5, 5.41) is 5.52. The van der Waals surface area contributed by atoms with Crippen molar-refractivity contribution >= 4 is 27.5 Å². The second-order valence-corrected chi connectivity index (χ2v) is 9.77. The number of hydrogen-bond acceptors (Lipinski definition) is 4. The molecule has 1 fully saturated rings. The van der Waals surface area contributed by atoms with E-state index in [1.54, 1.807) is 0 Å². The highest BCUT2D eigenvalue weighted by Crippen LogP contribution is 2.31. The lowest BCUT2D eigenvalue weighted by atomic mass is 9.95. The summed E-state index contributed by atoms with van der Waals surface area (Å²) in [7, 11) is -4.40. The fraction of sp³-hybridized carbons (Fsp3) is 0.391. The Morgan fingerprint density at radius 1 is 0.971 bits per heavy atom. The molecule has 11 heteroatoms. The molecule has 1 aliphatic carbocycles. The highest BCUT2D eigenvalue weighted by molar-refractivity contribution is 7.92. The summed E-state index contributed by atoms with van der Waals surface area (Å²) in [6, 6.07) is 9.19. The van der Waals surface area contributed by atoms with Crippen LogP contribution in [0.15, 0.2) is 53.4 Å². The molecule has 0 radical (unpaired) electrons. The number of rotatable bonds is 8. The number of halogens is 3. The molecule has 2 aromatic carbocycles. The minimum absolute atomic E-state index is 0.0225. The third-order valence-electron chi connectivity index (χ3n) is 5.50. The number of anilines is 1. The van der Waals surface area contributed by atoms with Gasteiger partial charge in [0.05, 0.1) is 21.7 Å². The van der Waals surface area contributed by atoms with Crippen molar-refractivity contribution in [1.82, 2.24) is 10.6 Å². The summed E-state index contributed by atoms with van der Waals surface area (Å²) >= 11 is 0. The summed E-state index contributed by atoms with van der Waals surface area (Å²) in [6.45, 7) is 0.0477. The van der Waals surface area contributed by atoms with Crippen molar-refractivity contribution in [2.75, 3.05) is 11.3 Å². The van der Waals surface area contributed by atoms with E-state index in [0.717, 1.165) is 43.9 Å². The smallest absolute Gasteiger partial charge is 0.353 e. The molecule has 0 heterocycles. The second-order valence-electron chi connectivity index (χ2n) is 8.09. The SMILES string of the molecule is O=C(CCNC(=O)c1ccccc1NS(=O)(=O)c1cccc(C(F)(F)F)c1)NC1CCCCC1. The lowest BCUT2D eigenvalue weighted by molar-refractivity contribution is -0.137. The molecule has 1 aliphatic rings. The number of alkyl halides is 3. The third-order valence-corrected chi connectivity index (χ3v) is 6.86. The lowest BCUT2D eigenvalue weighted by Gasteiger charge is -2.22. The lowest BCUT2D eigenvalue weighted by Crippen LogP contribution is -2.38. The molecule has 0 bridgehead atoms. The van der Waals surface area contributed by atoms with Crippen LogP contribution in [-0.2, 0) is 21.0 Å². The van der Waals surface area contributed by atoms with Crippen molar-refractivity contribution in [3.63, 3.8) is 0 Å². The van der Waals surface area contributed by atoms with E-state index in [4.69, 9.17) is 0 Å². The van der Waals surface area contributed by atoms with Crippen molar-refractivity contribution < 1.29 is 31.2 Å². The number of sulfonamides is 1. The largest absolute Gasteiger partial charge is 0.416 e. The molecule has 0 unspecified atom stereocenters. The molecule has 0 spiro atoms. The van der Waals surface area contributed by atoms with Gasteiger partial charge in [0.25, 0.3) is 15.9 Å². The van der Waals surface area contributed by atoms with Crippen molar-refractivity contribution in [3.8, 4) is 0 Å². The van der Waals surface area contributed by atoms with Gasteiger partial charge in [0.2, 0.25) is 5.91 Å². The molecule has 0 saturated heterocycles. The van der Waals surface area contributed by atoms with E-state index in [1.807, 2.05) is 0 Å². The average Bonchev–Trinajstić information content (AvgIpc) is 2.79. The van der Waals surface area contributed by atoms with Gasteiger partial charge in [-0.3, -0.25) is 14.3 Å². The predicted molar refractivity (Wildman–Crippen MR) is 121 cm³/mol. The molecule has 3 rings (SSSR count). The van der Waals surface area contributed by atoms with Gasteiger partial charge in [-0.05, 0) is 43.2 Å². The first kappa shape index (κ1) is 25.5. The summed E-state index contributed by atoms with van der Waals surface area (Å²) in [5.41, 5.74) is -1.22. The number of benzene rings is 2. The molecule has 1 saturated carbocycles. The van der Waals surface area contributed by atoms with E-state index in [1.165, 1.54) is 30.7 Å². The second kappa shape index (κ2) is 10.9. The molecule has 0 aliphatic heterocycles.